The lowest BCUT2D eigenvalue weighted by atomic mass is 9.96. The van der Waals surface area contributed by atoms with Crippen LogP contribution in [0, 0.1) is 0 Å². The van der Waals surface area contributed by atoms with Gasteiger partial charge in [0.05, 0.1) is 10.2 Å². The first-order valence-electron chi connectivity index (χ1n) is 11.9. The fourth-order valence-electron chi connectivity index (χ4n) is 4.73. The van der Waals surface area contributed by atoms with Gasteiger partial charge in [-0.2, -0.15) is 0 Å². The molecule has 33 heavy (non-hydrogen) atoms. The molecule has 2 fully saturated rings. The van der Waals surface area contributed by atoms with Crippen molar-refractivity contribution >= 4 is 32.6 Å². The first kappa shape index (κ1) is 22.1. The van der Waals surface area contributed by atoms with E-state index in [1.807, 2.05) is 18.2 Å². The second-order valence-electron chi connectivity index (χ2n) is 9.18. The Kier molecular flexibility index (Phi) is 6.73. The highest BCUT2D eigenvalue weighted by molar-refractivity contribution is 7.22. The topological polar surface area (TPSA) is 79.4 Å². The summed E-state index contributed by atoms with van der Waals surface area (Å²) in [5.41, 5.74) is 1.34. The van der Waals surface area contributed by atoms with Gasteiger partial charge in [-0.1, -0.05) is 30.6 Å². The van der Waals surface area contributed by atoms with E-state index < -0.39 is 0 Å². The molecule has 1 saturated carbocycles. The van der Waals surface area contributed by atoms with Crippen LogP contribution in [0.1, 0.15) is 55.4 Å². The third-order valence-electron chi connectivity index (χ3n) is 6.45. The molecule has 1 saturated heterocycles. The Balaban J connectivity index is 1.24. The van der Waals surface area contributed by atoms with Crippen molar-refractivity contribution in [2.24, 2.45) is 0 Å². The van der Waals surface area contributed by atoms with Gasteiger partial charge in [0, 0.05) is 37.0 Å². The Morgan fingerprint density at radius 1 is 1.06 bits per heavy atom. The molecule has 2 aliphatic rings. The summed E-state index contributed by atoms with van der Waals surface area (Å²) < 4.78 is 7.16. The summed E-state index contributed by atoms with van der Waals surface area (Å²) in [6, 6.07) is 10.1. The van der Waals surface area contributed by atoms with Crippen LogP contribution in [0.5, 0.6) is 11.5 Å². The molecule has 1 aromatic carbocycles. The number of likely N-dealkylation sites (N-methyl/N-ethyl adjacent to an activating group) is 1. The number of pyridine rings is 1. The maximum Gasteiger partial charge on any atom is 0.270 e. The van der Waals surface area contributed by atoms with Crippen molar-refractivity contribution in [1.29, 1.82) is 0 Å². The average molecular weight is 466 g/mol. The van der Waals surface area contributed by atoms with Crippen LogP contribution in [0.25, 0.3) is 10.2 Å². The second kappa shape index (κ2) is 10.1. The zero-order valence-corrected chi connectivity index (χ0v) is 19.9. The first-order valence-corrected chi connectivity index (χ1v) is 12.7. The van der Waals surface area contributed by atoms with Gasteiger partial charge in [0.15, 0.2) is 5.13 Å². The third kappa shape index (κ3) is 5.62. The maximum atomic E-state index is 12.7. The fourth-order valence-corrected chi connectivity index (χ4v) is 5.70. The normalized spacial score (nSPS) is 20.0. The highest BCUT2D eigenvalue weighted by atomic mass is 32.1. The van der Waals surface area contributed by atoms with E-state index in [4.69, 9.17) is 9.72 Å². The maximum absolute atomic E-state index is 12.7. The summed E-state index contributed by atoms with van der Waals surface area (Å²) in [5, 5.41) is 7.69. The number of anilines is 1. The number of aromatic nitrogens is 2. The zero-order valence-electron chi connectivity index (χ0n) is 19.0. The highest BCUT2D eigenvalue weighted by Crippen LogP contribution is 2.32. The molecule has 5 rings (SSSR count). The third-order valence-corrected chi connectivity index (χ3v) is 7.40. The van der Waals surface area contributed by atoms with Crippen LogP contribution in [0.4, 0.5) is 5.13 Å². The molecule has 3 aromatic rings. The number of nitrogens with one attached hydrogen (secondary N) is 2. The molecule has 174 valence electrons. The van der Waals surface area contributed by atoms with Crippen LogP contribution in [-0.4, -0.2) is 53.0 Å². The number of amides is 1. The minimum absolute atomic E-state index is 0.155. The van der Waals surface area contributed by atoms with Gasteiger partial charge in [0.25, 0.3) is 5.91 Å². The molecule has 8 heteroatoms. The quantitative estimate of drug-likeness (QED) is 0.530. The summed E-state index contributed by atoms with van der Waals surface area (Å²) in [6.07, 6.45) is 10.1. The first-order chi connectivity index (χ1) is 16.1. The van der Waals surface area contributed by atoms with Crippen molar-refractivity contribution in [3.8, 4) is 11.5 Å². The zero-order chi connectivity index (χ0) is 22.6. The Morgan fingerprint density at radius 3 is 2.73 bits per heavy atom. The van der Waals surface area contributed by atoms with Crippen molar-refractivity contribution < 1.29 is 9.53 Å². The fraction of sp³-hybridized carbons (Fsp3) is 0.480. The SMILES string of the molecule is CN1CCCC(NC(=O)c2cc(Oc3ccc4nc(NC5CCCCC5)sc4c3)ccn2)C1. The van der Waals surface area contributed by atoms with Gasteiger partial charge >= 0.3 is 0 Å². The molecule has 0 bridgehead atoms. The van der Waals surface area contributed by atoms with Gasteiger partial charge in [-0.15, -0.1) is 0 Å². The molecular formula is C25H31N5O2S. The predicted molar refractivity (Wildman–Crippen MR) is 132 cm³/mol. The molecule has 3 heterocycles. The molecule has 7 nitrogen and oxygen atoms in total. The van der Waals surface area contributed by atoms with Gasteiger partial charge in [-0.25, -0.2) is 4.98 Å². The minimum Gasteiger partial charge on any atom is -0.457 e. The number of likely N-dealkylation sites (tertiary alicyclic amines) is 1. The van der Waals surface area contributed by atoms with E-state index in [0.29, 0.717) is 17.5 Å². The molecule has 0 spiro atoms. The minimum atomic E-state index is -0.155. The van der Waals surface area contributed by atoms with Gasteiger partial charge in [-0.05, 0) is 57.5 Å². The molecule has 1 aliphatic carbocycles. The number of hydrogen-bond acceptors (Lipinski definition) is 7. The van der Waals surface area contributed by atoms with E-state index in [1.165, 1.54) is 32.1 Å². The molecule has 1 aliphatic heterocycles. The van der Waals surface area contributed by atoms with Crippen molar-refractivity contribution in [3.63, 3.8) is 0 Å². The van der Waals surface area contributed by atoms with Crippen LogP contribution in [-0.2, 0) is 0 Å². The van der Waals surface area contributed by atoms with E-state index >= 15 is 0 Å². The summed E-state index contributed by atoms with van der Waals surface area (Å²) >= 11 is 1.66. The van der Waals surface area contributed by atoms with Crippen LogP contribution in [0.2, 0.25) is 0 Å². The van der Waals surface area contributed by atoms with E-state index in [1.54, 1.807) is 29.7 Å². The van der Waals surface area contributed by atoms with E-state index in [9.17, 15) is 4.79 Å². The van der Waals surface area contributed by atoms with Crippen LogP contribution in [0.15, 0.2) is 36.5 Å². The molecule has 2 aromatic heterocycles. The Bertz CT molecular complexity index is 1110. The Morgan fingerprint density at radius 2 is 1.88 bits per heavy atom. The van der Waals surface area contributed by atoms with Crippen molar-refractivity contribution in [2.75, 3.05) is 25.5 Å². The number of fused-ring (bicyclic) bond motifs is 1. The number of thiazole rings is 1. The average Bonchev–Trinajstić information content (AvgIpc) is 3.21. The number of rotatable bonds is 6. The number of benzene rings is 1. The number of carbonyl (C=O) groups excluding carboxylic acids is 1. The van der Waals surface area contributed by atoms with Gasteiger partial charge < -0.3 is 20.3 Å². The Labute approximate surface area is 198 Å². The number of ether oxygens (including phenoxy) is 1. The monoisotopic (exact) mass is 465 g/mol. The second-order valence-corrected chi connectivity index (χ2v) is 10.2. The number of hydrogen-bond donors (Lipinski definition) is 2. The molecule has 1 amide bonds. The Hall–Kier alpha value is -2.71. The summed E-state index contributed by atoms with van der Waals surface area (Å²) in [6.45, 7) is 1.95. The lowest BCUT2D eigenvalue weighted by molar-refractivity contribution is 0.0907. The van der Waals surface area contributed by atoms with E-state index in [0.717, 1.165) is 47.0 Å². The molecule has 1 atom stereocenters. The van der Waals surface area contributed by atoms with Crippen LogP contribution >= 0.6 is 11.3 Å². The summed E-state index contributed by atoms with van der Waals surface area (Å²) in [7, 11) is 2.08. The predicted octanol–water partition coefficient (Wildman–Crippen LogP) is 5.05. The molecule has 2 N–H and O–H groups in total. The lowest BCUT2D eigenvalue weighted by Crippen LogP contribution is -2.46. The highest BCUT2D eigenvalue weighted by Gasteiger charge is 2.20. The summed E-state index contributed by atoms with van der Waals surface area (Å²) in [5.74, 6) is 1.17. The van der Waals surface area contributed by atoms with E-state index in [-0.39, 0.29) is 11.9 Å². The molecular weight excluding hydrogens is 434 g/mol. The van der Waals surface area contributed by atoms with E-state index in [2.05, 4.69) is 27.6 Å². The number of carbonyl (C=O) groups is 1. The van der Waals surface area contributed by atoms with Crippen molar-refractivity contribution in [3.05, 3.63) is 42.2 Å². The number of nitrogens with zero attached hydrogens (tertiary/aromatic N) is 3. The smallest absolute Gasteiger partial charge is 0.270 e. The molecule has 1 unspecified atom stereocenters. The number of piperidine rings is 1. The largest absolute Gasteiger partial charge is 0.457 e. The van der Waals surface area contributed by atoms with Crippen molar-refractivity contribution in [2.45, 2.75) is 57.0 Å². The van der Waals surface area contributed by atoms with Gasteiger partial charge in [-0.3, -0.25) is 9.78 Å². The van der Waals surface area contributed by atoms with Crippen LogP contribution in [0.3, 0.4) is 0 Å². The van der Waals surface area contributed by atoms with Gasteiger partial charge in [0.2, 0.25) is 0 Å². The standard InChI is InChI=1S/C25H31N5O2S/c1-30-13-5-8-18(16-30)27-24(31)22-14-20(11-12-26-22)32-19-9-10-21-23(15-19)33-25(29-21)28-17-6-3-2-4-7-17/h9-12,14-15,17-18H,2-8,13,16H2,1H3,(H,27,31)(H,28,29). The lowest BCUT2D eigenvalue weighted by Gasteiger charge is -2.30. The van der Waals surface area contributed by atoms with Crippen LogP contribution < -0.4 is 15.4 Å². The van der Waals surface area contributed by atoms with Crippen molar-refractivity contribution in [1.82, 2.24) is 20.2 Å². The molecule has 0 radical (unpaired) electrons. The summed E-state index contributed by atoms with van der Waals surface area (Å²) in [4.78, 5) is 23.9. The van der Waals surface area contributed by atoms with Gasteiger partial charge in [0.1, 0.15) is 17.2 Å².